The lowest BCUT2D eigenvalue weighted by atomic mass is 10.2. The van der Waals surface area contributed by atoms with E-state index in [0.717, 1.165) is 0 Å². The number of methoxy groups -OCH3 is 2. The standard InChI is InChI=1S/C18H18N2O5/c1-24-15-8-4-5-12(10-15)17(22)19-11-16(21)20-14-7-3-6-13(9-14)18(23)25-2/h3-10H,11H2,1-2H3,(H,19,22)(H,20,21). The minimum Gasteiger partial charge on any atom is -0.497 e. The van der Waals surface area contributed by atoms with Crippen molar-refractivity contribution in [2.75, 3.05) is 26.1 Å². The molecular formula is C18H18N2O5. The first-order chi connectivity index (χ1) is 12.0. The normalized spacial score (nSPS) is 9.84. The molecule has 7 heteroatoms. The third kappa shape index (κ3) is 5.07. The smallest absolute Gasteiger partial charge is 0.337 e. The Hall–Kier alpha value is -3.35. The average Bonchev–Trinajstić information content (AvgIpc) is 2.65. The minimum atomic E-state index is -0.498. The highest BCUT2D eigenvalue weighted by Crippen LogP contribution is 2.13. The molecule has 0 aliphatic carbocycles. The number of esters is 1. The summed E-state index contributed by atoms with van der Waals surface area (Å²) in [6.45, 7) is -0.210. The molecule has 0 unspecified atom stereocenters. The number of hydrogen-bond donors (Lipinski definition) is 2. The van der Waals surface area contributed by atoms with Gasteiger partial charge in [0.25, 0.3) is 5.91 Å². The lowest BCUT2D eigenvalue weighted by Gasteiger charge is -2.08. The van der Waals surface area contributed by atoms with Crippen LogP contribution in [0.5, 0.6) is 5.75 Å². The Bertz CT molecular complexity index is 789. The van der Waals surface area contributed by atoms with Gasteiger partial charge in [0.2, 0.25) is 5.91 Å². The molecule has 2 aromatic rings. The van der Waals surface area contributed by atoms with E-state index in [1.54, 1.807) is 42.5 Å². The fourth-order valence-electron chi connectivity index (χ4n) is 2.07. The first-order valence-corrected chi connectivity index (χ1v) is 7.44. The lowest BCUT2D eigenvalue weighted by molar-refractivity contribution is -0.115. The van der Waals surface area contributed by atoms with E-state index in [9.17, 15) is 14.4 Å². The molecule has 25 heavy (non-hydrogen) atoms. The Kier molecular flexibility index (Phi) is 6.11. The van der Waals surface area contributed by atoms with Crippen LogP contribution in [0.25, 0.3) is 0 Å². The quantitative estimate of drug-likeness (QED) is 0.782. The van der Waals surface area contributed by atoms with Gasteiger partial charge in [0.15, 0.2) is 0 Å². The SMILES string of the molecule is COC(=O)c1cccc(NC(=O)CNC(=O)c2cccc(OC)c2)c1. The molecule has 0 aromatic heterocycles. The summed E-state index contributed by atoms with van der Waals surface area (Å²) < 4.78 is 9.68. The van der Waals surface area contributed by atoms with Crippen LogP contribution in [0.3, 0.4) is 0 Å². The molecule has 130 valence electrons. The largest absolute Gasteiger partial charge is 0.497 e. The summed E-state index contributed by atoms with van der Waals surface area (Å²) in [5.74, 6) is -0.755. The minimum absolute atomic E-state index is 0.210. The van der Waals surface area contributed by atoms with Crippen molar-refractivity contribution >= 4 is 23.5 Å². The van der Waals surface area contributed by atoms with Gasteiger partial charge in [-0.25, -0.2) is 4.79 Å². The third-order valence-corrected chi connectivity index (χ3v) is 3.31. The van der Waals surface area contributed by atoms with Gasteiger partial charge in [-0.15, -0.1) is 0 Å². The summed E-state index contributed by atoms with van der Waals surface area (Å²) in [5.41, 5.74) is 1.14. The van der Waals surface area contributed by atoms with Crippen molar-refractivity contribution in [3.63, 3.8) is 0 Å². The second kappa shape index (κ2) is 8.49. The van der Waals surface area contributed by atoms with Gasteiger partial charge in [-0.1, -0.05) is 12.1 Å². The Morgan fingerprint density at radius 1 is 0.960 bits per heavy atom. The first-order valence-electron chi connectivity index (χ1n) is 7.44. The highest BCUT2D eigenvalue weighted by atomic mass is 16.5. The maximum Gasteiger partial charge on any atom is 0.337 e. The molecule has 0 atom stereocenters. The van der Waals surface area contributed by atoms with E-state index in [1.807, 2.05) is 0 Å². The molecule has 0 aliphatic rings. The van der Waals surface area contributed by atoms with Crippen LogP contribution in [0.4, 0.5) is 5.69 Å². The highest BCUT2D eigenvalue weighted by molar-refractivity contribution is 6.00. The van der Waals surface area contributed by atoms with Crippen molar-refractivity contribution in [3.8, 4) is 5.75 Å². The number of carbonyl (C=O) groups excluding carboxylic acids is 3. The zero-order chi connectivity index (χ0) is 18.2. The summed E-state index contributed by atoms with van der Waals surface area (Å²) in [7, 11) is 2.79. The number of hydrogen-bond acceptors (Lipinski definition) is 5. The molecule has 0 heterocycles. The molecule has 2 aromatic carbocycles. The van der Waals surface area contributed by atoms with Crippen molar-refractivity contribution < 1.29 is 23.9 Å². The number of benzene rings is 2. The number of amides is 2. The molecule has 0 aliphatic heterocycles. The van der Waals surface area contributed by atoms with Crippen LogP contribution in [0, 0.1) is 0 Å². The number of rotatable bonds is 6. The van der Waals surface area contributed by atoms with E-state index >= 15 is 0 Å². The first kappa shape index (κ1) is 18.0. The van der Waals surface area contributed by atoms with Crippen LogP contribution >= 0.6 is 0 Å². The second-order valence-corrected chi connectivity index (χ2v) is 5.04. The van der Waals surface area contributed by atoms with Crippen molar-refractivity contribution in [2.45, 2.75) is 0 Å². The van der Waals surface area contributed by atoms with Gasteiger partial charge in [0.1, 0.15) is 5.75 Å². The number of carbonyl (C=O) groups is 3. The van der Waals surface area contributed by atoms with Gasteiger partial charge in [0, 0.05) is 11.3 Å². The third-order valence-electron chi connectivity index (χ3n) is 3.31. The molecule has 0 saturated heterocycles. The molecule has 0 radical (unpaired) electrons. The van der Waals surface area contributed by atoms with Crippen molar-refractivity contribution in [2.24, 2.45) is 0 Å². The van der Waals surface area contributed by atoms with Gasteiger partial charge < -0.3 is 20.1 Å². The molecule has 7 nitrogen and oxygen atoms in total. The number of ether oxygens (including phenoxy) is 2. The molecular weight excluding hydrogens is 324 g/mol. The van der Waals surface area contributed by atoms with Crippen molar-refractivity contribution in [1.29, 1.82) is 0 Å². The summed E-state index contributed by atoms with van der Waals surface area (Å²) in [6, 6.07) is 12.9. The fraction of sp³-hybridized carbons (Fsp3) is 0.167. The number of anilines is 1. The van der Waals surface area contributed by atoms with Gasteiger partial charge in [-0.05, 0) is 36.4 Å². The molecule has 0 fully saturated rings. The second-order valence-electron chi connectivity index (χ2n) is 5.04. The predicted molar refractivity (Wildman–Crippen MR) is 91.7 cm³/mol. The lowest BCUT2D eigenvalue weighted by Crippen LogP contribution is -2.32. The molecule has 2 rings (SSSR count). The summed E-state index contributed by atoms with van der Waals surface area (Å²) in [5, 5.41) is 5.13. The van der Waals surface area contributed by atoms with Gasteiger partial charge in [-0.3, -0.25) is 9.59 Å². The molecule has 0 spiro atoms. The van der Waals surface area contributed by atoms with Crippen molar-refractivity contribution in [1.82, 2.24) is 5.32 Å². The van der Waals surface area contributed by atoms with Crippen LogP contribution in [0.1, 0.15) is 20.7 Å². The topological polar surface area (TPSA) is 93.7 Å². The van der Waals surface area contributed by atoms with E-state index in [2.05, 4.69) is 15.4 Å². The average molecular weight is 342 g/mol. The summed E-state index contributed by atoms with van der Waals surface area (Å²) >= 11 is 0. The van der Waals surface area contributed by atoms with E-state index in [0.29, 0.717) is 22.6 Å². The van der Waals surface area contributed by atoms with E-state index in [4.69, 9.17) is 4.74 Å². The van der Waals surface area contributed by atoms with E-state index < -0.39 is 17.8 Å². The van der Waals surface area contributed by atoms with Crippen LogP contribution in [0.2, 0.25) is 0 Å². The van der Waals surface area contributed by atoms with Gasteiger partial charge in [-0.2, -0.15) is 0 Å². The predicted octanol–water partition coefficient (Wildman–Crippen LogP) is 1.85. The monoisotopic (exact) mass is 342 g/mol. The van der Waals surface area contributed by atoms with Gasteiger partial charge in [0.05, 0.1) is 26.3 Å². The fourth-order valence-corrected chi connectivity index (χ4v) is 2.07. The van der Waals surface area contributed by atoms with Crippen molar-refractivity contribution in [3.05, 3.63) is 59.7 Å². The van der Waals surface area contributed by atoms with E-state index in [1.165, 1.54) is 20.3 Å². The highest BCUT2D eigenvalue weighted by Gasteiger charge is 2.10. The maximum atomic E-state index is 12.0. The molecule has 0 bridgehead atoms. The van der Waals surface area contributed by atoms with E-state index in [-0.39, 0.29) is 6.54 Å². The molecule has 0 saturated carbocycles. The molecule has 2 amide bonds. The van der Waals surface area contributed by atoms with Gasteiger partial charge >= 0.3 is 5.97 Å². The Morgan fingerprint density at radius 2 is 1.68 bits per heavy atom. The summed E-state index contributed by atoms with van der Waals surface area (Å²) in [4.78, 5) is 35.5. The Labute approximate surface area is 144 Å². The summed E-state index contributed by atoms with van der Waals surface area (Å²) in [6.07, 6.45) is 0. The van der Waals surface area contributed by atoms with Crippen LogP contribution in [-0.4, -0.2) is 38.5 Å². The maximum absolute atomic E-state index is 12.0. The van der Waals surface area contributed by atoms with Crippen LogP contribution < -0.4 is 15.4 Å². The van der Waals surface area contributed by atoms with Crippen LogP contribution in [-0.2, 0) is 9.53 Å². The molecule has 2 N–H and O–H groups in total. The Morgan fingerprint density at radius 3 is 2.40 bits per heavy atom. The zero-order valence-corrected chi connectivity index (χ0v) is 13.9. The Balaban J connectivity index is 1.92. The zero-order valence-electron chi connectivity index (χ0n) is 13.9. The number of nitrogens with one attached hydrogen (secondary N) is 2. The van der Waals surface area contributed by atoms with Crippen LogP contribution in [0.15, 0.2) is 48.5 Å².